The first-order valence-corrected chi connectivity index (χ1v) is 7.53. The second-order valence-corrected chi connectivity index (χ2v) is 5.01. The van der Waals surface area contributed by atoms with Gasteiger partial charge in [0, 0.05) is 5.56 Å². The summed E-state index contributed by atoms with van der Waals surface area (Å²) in [6.45, 7) is -4.08. The zero-order valence-electron chi connectivity index (χ0n) is 13.5. The average Bonchev–Trinajstić information content (AvgIpc) is 2.64. The van der Waals surface area contributed by atoms with E-state index in [1.54, 1.807) is 30.3 Å². The minimum absolute atomic E-state index is 0.152. The number of amides is 1. The molecule has 8 heteroatoms. The fourth-order valence-electron chi connectivity index (χ4n) is 2.01. The number of esters is 1. The van der Waals surface area contributed by atoms with Crippen molar-refractivity contribution >= 4 is 17.7 Å². The Bertz CT molecular complexity index is 780. The molecular formula is C18H15F2NO5. The lowest BCUT2D eigenvalue weighted by atomic mass is 10.1. The molecular weight excluding hydrogens is 348 g/mol. The van der Waals surface area contributed by atoms with Gasteiger partial charge in [-0.15, -0.1) is 0 Å². The third-order valence-electron chi connectivity index (χ3n) is 3.20. The van der Waals surface area contributed by atoms with E-state index in [-0.39, 0.29) is 17.1 Å². The molecule has 0 aromatic heterocycles. The highest BCUT2D eigenvalue weighted by molar-refractivity contribution is 5.99. The van der Waals surface area contributed by atoms with Gasteiger partial charge in [0.1, 0.15) is 12.3 Å². The summed E-state index contributed by atoms with van der Waals surface area (Å²) >= 11 is 0. The van der Waals surface area contributed by atoms with Gasteiger partial charge in [0.15, 0.2) is 12.4 Å². The fourth-order valence-corrected chi connectivity index (χ4v) is 2.01. The van der Waals surface area contributed by atoms with Crippen LogP contribution in [-0.4, -0.2) is 37.4 Å². The van der Waals surface area contributed by atoms with Crippen LogP contribution in [0.1, 0.15) is 20.7 Å². The number of alkyl halides is 2. The van der Waals surface area contributed by atoms with Gasteiger partial charge >= 0.3 is 12.6 Å². The number of hydrogen-bond donors (Lipinski definition) is 1. The van der Waals surface area contributed by atoms with Crippen LogP contribution >= 0.6 is 0 Å². The Kier molecular flexibility index (Phi) is 6.78. The molecule has 0 atom stereocenters. The van der Waals surface area contributed by atoms with Crippen molar-refractivity contribution in [2.75, 3.05) is 13.2 Å². The number of nitrogens with one attached hydrogen (secondary N) is 1. The van der Waals surface area contributed by atoms with E-state index in [9.17, 15) is 23.2 Å². The molecule has 1 N–H and O–H groups in total. The second-order valence-electron chi connectivity index (χ2n) is 5.01. The fraction of sp³-hybridized carbons (Fsp3) is 0.167. The molecule has 0 bridgehead atoms. The molecule has 1 amide bonds. The van der Waals surface area contributed by atoms with Crippen molar-refractivity contribution in [2.24, 2.45) is 0 Å². The normalized spacial score (nSPS) is 10.3. The largest absolute Gasteiger partial charge is 0.456 e. The molecule has 26 heavy (non-hydrogen) atoms. The van der Waals surface area contributed by atoms with Crippen LogP contribution in [0.5, 0.6) is 5.75 Å². The smallest absolute Gasteiger partial charge is 0.387 e. The molecule has 2 rings (SSSR count). The average molecular weight is 363 g/mol. The van der Waals surface area contributed by atoms with Gasteiger partial charge in [0.25, 0.3) is 5.91 Å². The molecule has 0 fully saturated rings. The standard InChI is InChI=1S/C18H15F2NO5/c19-18(20)26-15-9-5-4-8-13(15)17(24)21-10-16(23)25-11-14(22)12-6-2-1-3-7-12/h1-9,18H,10-11H2,(H,21,24). The molecule has 0 saturated heterocycles. The summed E-state index contributed by atoms with van der Waals surface area (Å²) in [7, 11) is 0. The molecule has 0 aliphatic carbocycles. The van der Waals surface area contributed by atoms with Crippen LogP contribution in [0.2, 0.25) is 0 Å². The topological polar surface area (TPSA) is 81.7 Å². The van der Waals surface area contributed by atoms with Crippen LogP contribution in [0.3, 0.4) is 0 Å². The summed E-state index contributed by atoms with van der Waals surface area (Å²) in [6.07, 6.45) is 0. The van der Waals surface area contributed by atoms with E-state index in [4.69, 9.17) is 4.74 Å². The summed E-state index contributed by atoms with van der Waals surface area (Å²) in [6, 6.07) is 13.6. The summed E-state index contributed by atoms with van der Waals surface area (Å²) in [5.41, 5.74) is 0.239. The SMILES string of the molecule is O=C(CNC(=O)c1ccccc1OC(F)F)OCC(=O)c1ccccc1. The van der Waals surface area contributed by atoms with Crippen LogP contribution in [0.4, 0.5) is 8.78 Å². The van der Waals surface area contributed by atoms with Gasteiger partial charge in [-0.3, -0.25) is 14.4 Å². The Balaban J connectivity index is 1.84. The Morgan fingerprint density at radius 3 is 2.31 bits per heavy atom. The zero-order valence-corrected chi connectivity index (χ0v) is 13.5. The Morgan fingerprint density at radius 2 is 1.62 bits per heavy atom. The first-order chi connectivity index (χ1) is 12.5. The molecule has 6 nitrogen and oxygen atoms in total. The highest BCUT2D eigenvalue weighted by Crippen LogP contribution is 2.19. The molecule has 136 valence electrons. The third-order valence-corrected chi connectivity index (χ3v) is 3.20. The molecule has 2 aromatic carbocycles. The second kappa shape index (κ2) is 9.26. The van der Waals surface area contributed by atoms with Crippen molar-refractivity contribution in [1.29, 1.82) is 0 Å². The van der Waals surface area contributed by atoms with Gasteiger partial charge in [-0.05, 0) is 12.1 Å². The lowest BCUT2D eigenvalue weighted by Gasteiger charge is -2.10. The van der Waals surface area contributed by atoms with Crippen molar-refractivity contribution in [1.82, 2.24) is 5.32 Å². The maximum atomic E-state index is 12.3. The monoisotopic (exact) mass is 363 g/mol. The zero-order chi connectivity index (χ0) is 18.9. The summed E-state index contributed by atoms with van der Waals surface area (Å²) in [5.74, 6) is -2.32. The number of rotatable bonds is 8. The number of ether oxygens (including phenoxy) is 2. The number of carbonyl (C=O) groups excluding carboxylic acids is 3. The van der Waals surface area contributed by atoms with Crippen molar-refractivity contribution < 1.29 is 32.6 Å². The van der Waals surface area contributed by atoms with Crippen molar-refractivity contribution in [3.63, 3.8) is 0 Å². The quantitative estimate of drug-likeness (QED) is 0.575. The van der Waals surface area contributed by atoms with Crippen molar-refractivity contribution in [3.8, 4) is 5.75 Å². The lowest BCUT2D eigenvalue weighted by molar-refractivity contribution is -0.141. The molecule has 0 aliphatic heterocycles. The molecule has 0 spiro atoms. The first-order valence-electron chi connectivity index (χ1n) is 7.53. The van der Waals surface area contributed by atoms with E-state index in [1.807, 2.05) is 0 Å². The summed E-state index contributed by atoms with van der Waals surface area (Å²) < 4.78 is 33.7. The van der Waals surface area contributed by atoms with Crippen LogP contribution in [0.15, 0.2) is 54.6 Å². The highest BCUT2D eigenvalue weighted by atomic mass is 19.3. The van der Waals surface area contributed by atoms with Gasteiger partial charge in [0.2, 0.25) is 0 Å². The van der Waals surface area contributed by atoms with E-state index >= 15 is 0 Å². The summed E-state index contributed by atoms with van der Waals surface area (Å²) in [5, 5.41) is 2.23. The van der Waals surface area contributed by atoms with Gasteiger partial charge in [-0.25, -0.2) is 0 Å². The van der Waals surface area contributed by atoms with Crippen LogP contribution in [-0.2, 0) is 9.53 Å². The van der Waals surface area contributed by atoms with Gasteiger partial charge in [0.05, 0.1) is 5.56 Å². The lowest BCUT2D eigenvalue weighted by Crippen LogP contribution is -2.31. The third kappa shape index (κ3) is 5.66. The predicted molar refractivity (Wildman–Crippen MR) is 87.1 cm³/mol. The maximum absolute atomic E-state index is 12.3. The van der Waals surface area contributed by atoms with E-state index in [0.717, 1.165) is 0 Å². The Morgan fingerprint density at radius 1 is 0.962 bits per heavy atom. The number of hydrogen-bond acceptors (Lipinski definition) is 5. The first kappa shape index (κ1) is 19.0. The van der Waals surface area contributed by atoms with Crippen LogP contribution < -0.4 is 10.1 Å². The Labute approximate surface area is 147 Å². The van der Waals surface area contributed by atoms with E-state index in [1.165, 1.54) is 24.3 Å². The van der Waals surface area contributed by atoms with Crippen molar-refractivity contribution in [3.05, 3.63) is 65.7 Å². The van der Waals surface area contributed by atoms with Crippen LogP contribution in [0, 0.1) is 0 Å². The number of carbonyl (C=O) groups is 3. The number of benzene rings is 2. The number of ketones is 1. The molecule has 2 aromatic rings. The number of Topliss-reactive ketones (excluding diaryl/α,β-unsaturated/α-hetero) is 1. The molecule has 0 saturated carbocycles. The molecule has 0 aliphatic rings. The van der Waals surface area contributed by atoms with E-state index < -0.39 is 31.6 Å². The minimum Gasteiger partial charge on any atom is -0.456 e. The van der Waals surface area contributed by atoms with E-state index in [2.05, 4.69) is 10.1 Å². The maximum Gasteiger partial charge on any atom is 0.387 e. The van der Waals surface area contributed by atoms with Crippen LogP contribution in [0.25, 0.3) is 0 Å². The Hall–Kier alpha value is -3.29. The number of halogens is 2. The molecule has 0 radical (unpaired) electrons. The van der Waals surface area contributed by atoms with Gasteiger partial charge in [-0.1, -0.05) is 42.5 Å². The summed E-state index contributed by atoms with van der Waals surface area (Å²) in [4.78, 5) is 35.4. The molecule has 0 heterocycles. The molecule has 0 unspecified atom stereocenters. The predicted octanol–water partition coefficient (Wildman–Crippen LogP) is 2.44. The van der Waals surface area contributed by atoms with Gasteiger partial charge < -0.3 is 14.8 Å². The minimum atomic E-state index is -3.09. The van der Waals surface area contributed by atoms with Gasteiger partial charge in [-0.2, -0.15) is 8.78 Å². The number of para-hydroxylation sites is 1. The van der Waals surface area contributed by atoms with Crippen molar-refractivity contribution in [2.45, 2.75) is 6.61 Å². The van der Waals surface area contributed by atoms with E-state index in [0.29, 0.717) is 5.56 Å². The highest BCUT2D eigenvalue weighted by Gasteiger charge is 2.16.